The first kappa shape index (κ1) is 10.6. The molecule has 0 amide bonds. The van der Waals surface area contributed by atoms with E-state index in [9.17, 15) is 8.78 Å². The van der Waals surface area contributed by atoms with Crippen molar-refractivity contribution in [3.8, 4) is 0 Å². The van der Waals surface area contributed by atoms with E-state index in [0.29, 0.717) is 11.5 Å². The van der Waals surface area contributed by atoms with Crippen LogP contribution in [-0.2, 0) is 0 Å². The lowest BCUT2D eigenvalue weighted by Crippen LogP contribution is -2.19. The smallest absolute Gasteiger partial charge is 0.159 e. The van der Waals surface area contributed by atoms with Crippen molar-refractivity contribution < 1.29 is 8.78 Å². The average Bonchev–Trinajstić information content (AvgIpc) is 2.74. The van der Waals surface area contributed by atoms with E-state index in [4.69, 9.17) is 5.73 Å². The monoisotopic (exact) mass is 211 g/mol. The Labute approximate surface area is 88.3 Å². The second kappa shape index (κ2) is 4.27. The van der Waals surface area contributed by atoms with Gasteiger partial charge in [-0.15, -0.1) is 0 Å². The van der Waals surface area contributed by atoms with Crippen molar-refractivity contribution in [1.82, 2.24) is 0 Å². The highest BCUT2D eigenvalue weighted by Gasteiger charge is 2.23. The fourth-order valence-corrected chi connectivity index (χ4v) is 2.31. The predicted molar refractivity (Wildman–Crippen MR) is 55.2 cm³/mol. The molecule has 1 nitrogen and oxygen atoms in total. The van der Waals surface area contributed by atoms with Crippen LogP contribution in [0.4, 0.5) is 8.78 Å². The van der Waals surface area contributed by atoms with Crippen LogP contribution >= 0.6 is 0 Å². The normalized spacial score (nSPS) is 19.4. The Bertz CT molecular complexity index is 345. The number of halogens is 2. The molecule has 0 bridgehead atoms. The maximum atomic E-state index is 13.0. The number of hydrogen-bond donors (Lipinski definition) is 1. The van der Waals surface area contributed by atoms with Gasteiger partial charge in [0, 0.05) is 6.04 Å². The molecular formula is C12H15F2N. The van der Waals surface area contributed by atoms with Gasteiger partial charge < -0.3 is 5.73 Å². The molecule has 15 heavy (non-hydrogen) atoms. The maximum Gasteiger partial charge on any atom is 0.159 e. The largest absolute Gasteiger partial charge is 0.324 e. The Morgan fingerprint density at radius 1 is 1.13 bits per heavy atom. The zero-order valence-corrected chi connectivity index (χ0v) is 8.55. The highest BCUT2D eigenvalue weighted by molar-refractivity contribution is 5.21. The van der Waals surface area contributed by atoms with Crippen molar-refractivity contribution in [2.24, 2.45) is 11.7 Å². The topological polar surface area (TPSA) is 26.0 Å². The lowest BCUT2D eigenvalue weighted by Gasteiger charge is -2.19. The third-order valence-corrected chi connectivity index (χ3v) is 3.24. The number of hydrogen-bond acceptors (Lipinski definition) is 1. The lowest BCUT2D eigenvalue weighted by atomic mass is 9.92. The van der Waals surface area contributed by atoms with Gasteiger partial charge in [-0.2, -0.15) is 0 Å². The second-order valence-electron chi connectivity index (χ2n) is 4.24. The molecule has 1 atom stereocenters. The highest BCUT2D eigenvalue weighted by Crippen LogP contribution is 2.34. The lowest BCUT2D eigenvalue weighted by molar-refractivity contribution is 0.439. The van der Waals surface area contributed by atoms with E-state index in [2.05, 4.69) is 0 Å². The first-order valence-corrected chi connectivity index (χ1v) is 5.39. The van der Waals surface area contributed by atoms with Crippen LogP contribution in [0.15, 0.2) is 18.2 Å². The van der Waals surface area contributed by atoms with Gasteiger partial charge in [-0.05, 0) is 36.5 Å². The molecule has 0 spiro atoms. The Hall–Kier alpha value is -0.960. The van der Waals surface area contributed by atoms with Gasteiger partial charge in [-0.25, -0.2) is 8.78 Å². The summed E-state index contributed by atoms with van der Waals surface area (Å²) >= 11 is 0. The van der Waals surface area contributed by atoms with Crippen molar-refractivity contribution in [3.05, 3.63) is 35.4 Å². The van der Waals surface area contributed by atoms with Crippen molar-refractivity contribution in [2.45, 2.75) is 31.7 Å². The van der Waals surface area contributed by atoms with Crippen LogP contribution in [0.25, 0.3) is 0 Å². The summed E-state index contributed by atoms with van der Waals surface area (Å²) in [5.74, 6) is -1.19. The molecule has 2 rings (SSSR count). The van der Waals surface area contributed by atoms with E-state index in [1.54, 1.807) is 6.07 Å². The number of benzene rings is 1. The first-order chi connectivity index (χ1) is 7.18. The molecule has 0 heterocycles. The van der Waals surface area contributed by atoms with Gasteiger partial charge in [-0.3, -0.25) is 0 Å². The maximum absolute atomic E-state index is 13.0. The van der Waals surface area contributed by atoms with Crippen LogP contribution < -0.4 is 5.73 Å². The third-order valence-electron chi connectivity index (χ3n) is 3.24. The fourth-order valence-electron chi connectivity index (χ4n) is 2.31. The molecule has 0 saturated heterocycles. The van der Waals surface area contributed by atoms with Gasteiger partial charge >= 0.3 is 0 Å². The zero-order chi connectivity index (χ0) is 10.8. The first-order valence-electron chi connectivity index (χ1n) is 5.39. The molecule has 1 aromatic carbocycles. The van der Waals surface area contributed by atoms with Crippen LogP contribution in [-0.4, -0.2) is 0 Å². The summed E-state index contributed by atoms with van der Waals surface area (Å²) < 4.78 is 25.7. The van der Waals surface area contributed by atoms with E-state index >= 15 is 0 Å². The number of rotatable bonds is 2. The minimum absolute atomic E-state index is 0.150. The van der Waals surface area contributed by atoms with Crippen LogP contribution in [0.5, 0.6) is 0 Å². The molecule has 0 aromatic heterocycles. The van der Waals surface area contributed by atoms with Gasteiger partial charge in [0.15, 0.2) is 11.6 Å². The van der Waals surface area contributed by atoms with Gasteiger partial charge in [-0.1, -0.05) is 18.9 Å². The molecule has 3 heteroatoms. The molecule has 1 aliphatic rings. The Morgan fingerprint density at radius 3 is 2.40 bits per heavy atom. The van der Waals surface area contributed by atoms with Crippen LogP contribution in [0.1, 0.15) is 37.3 Å². The Kier molecular flexibility index (Phi) is 3.00. The Morgan fingerprint density at radius 2 is 1.80 bits per heavy atom. The van der Waals surface area contributed by atoms with E-state index in [-0.39, 0.29) is 6.04 Å². The fraction of sp³-hybridized carbons (Fsp3) is 0.500. The van der Waals surface area contributed by atoms with Gasteiger partial charge in [0.2, 0.25) is 0 Å². The molecule has 0 unspecified atom stereocenters. The van der Waals surface area contributed by atoms with Gasteiger partial charge in [0.25, 0.3) is 0 Å². The van der Waals surface area contributed by atoms with Crippen LogP contribution in [0.3, 0.4) is 0 Å². The highest BCUT2D eigenvalue weighted by atomic mass is 19.2. The standard InChI is InChI=1S/C12H15F2N/c13-10-6-5-9(7-11(10)14)12(15)8-3-1-2-4-8/h5-8,12H,1-4,15H2/t12-/m1/s1. The molecule has 1 fully saturated rings. The summed E-state index contributed by atoms with van der Waals surface area (Å²) in [6, 6.07) is 3.81. The minimum atomic E-state index is -0.808. The molecule has 1 aliphatic carbocycles. The zero-order valence-electron chi connectivity index (χ0n) is 8.55. The van der Waals surface area contributed by atoms with E-state index in [1.807, 2.05) is 0 Å². The SMILES string of the molecule is N[C@@H](c1ccc(F)c(F)c1)C1CCCC1. The second-order valence-corrected chi connectivity index (χ2v) is 4.24. The van der Waals surface area contributed by atoms with Crippen molar-refractivity contribution >= 4 is 0 Å². The molecule has 0 radical (unpaired) electrons. The third kappa shape index (κ3) is 2.17. The summed E-state index contributed by atoms with van der Waals surface area (Å²) in [4.78, 5) is 0. The summed E-state index contributed by atoms with van der Waals surface area (Å²) in [5.41, 5.74) is 6.74. The van der Waals surface area contributed by atoms with Crippen molar-refractivity contribution in [2.75, 3.05) is 0 Å². The van der Waals surface area contributed by atoms with Crippen LogP contribution in [0, 0.1) is 17.6 Å². The molecular weight excluding hydrogens is 196 g/mol. The Balaban J connectivity index is 2.17. The van der Waals surface area contributed by atoms with E-state index in [0.717, 1.165) is 18.9 Å². The summed E-state index contributed by atoms with van der Waals surface area (Å²) in [7, 11) is 0. The molecule has 2 N–H and O–H groups in total. The molecule has 0 aliphatic heterocycles. The van der Waals surface area contributed by atoms with Crippen molar-refractivity contribution in [1.29, 1.82) is 0 Å². The average molecular weight is 211 g/mol. The molecule has 82 valence electrons. The molecule has 1 saturated carbocycles. The quantitative estimate of drug-likeness (QED) is 0.799. The summed E-state index contributed by atoms with van der Waals surface area (Å²) in [5, 5.41) is 0. The number of nitrogens with two attached hydrogens (primary N) is 1. The summed E-state index contributed by atoms with van der Waals surface area (Å²) in [6.45, 7) is 0. The summed E-state index contributed by atoms with van der Waals surface area (Å²) in [6.07, 6.45) is 4.59. The van der Waals surface area contributed by atoms with Crippen molar-refractivity contribution in [3.63, 3.8) is 0 Å². The van der Waals surface area contributed by atoms with E-state index in [1.165, 1.54) is 18.9 Å². The minimum Gasteiger partial charge on any atom is -0.324 e. The van der Waals surface area contributed by atoms with Gasteiger partial charge in [0.1, 0.15) is 0 Å². The van der Waals surface area contributed by atoms with Gasteiger partial charge in [0.05, 0.1) is 0 Å². The molecule has 1 aromatic rings. The predicted octanol–water partition coefficient (Wildman–Crippen LogP) is 3.15. The van der Waals surface area contributed by atoms with E-state index < -0.39 is 11.6 Å². The van der Waals surface area contributed by atoms with Crippen LogP contribution in [0.2, 0.25) is 0 Å².